The van der Waals surface area contributed by atoms with Crippen LogP contribution in [0.15, 0.2) is 6.20 Å². The lowest BCUT2D eigenvalue weighted by atomic mass is 9.89. The second-order valence-corrected chi connectivity index (χ2v) is 5.61. The van der Waals surface area contributed by atoms with Gasteiger partial charge in [0.05, 0.1) is 17.3 Å². The summed E-state index contributed by atoms with van der Waals surface area (Å²) in [6.07, 6.45) is 0.752. The minimum absolute atomic E-state index is 0.130. The first-order chi connectivity index (χ1) is 8.21. The first-order valence-corrected chi connectivity index (χ1v) is 6.05. The van der Waals surface area contributed by atoms with Gasteiger partial charge in [0.2, 0.25) is 0 Å². The topological polar surface area (TPSA) is 75.1 Å². The smallest absolute Gasteiger partial charge is 0.271 e. The average molecular weight is 272 g/mol. The van der Waals surface area contributed by atoms with Crippen molar-refractivity contribution in [2.75, 3.05) is 6.54 Å². The molecule has 18 heavy (non-hydrogen) atoms. The normalized spacial score (nSPS) is 13.2. The summed E-state index contributed by atoms with van der Waals surface area (Å²) in [5, 5.41) is 12.6. The molecule has 2 N–H and O–H groups in total. The number of aliphatic hydroxyl groups excluding tert-OH is 1. The molecule has 100 valence electrons. The van der Waals surface area contributed by atoms with Crippen molar-refractivity contribution in [1.29, 1.82) is 0 Å². The van der Waals surface area contributed by atoms with Crippen molar-refractivity contribution in [3.63, 3.8) is 0 Å². The molecule has 0 fully saturated rings. The minimum atomic E-state index is -0.636. The molecule has 0 bridgehead atoms. The third-order valence-electron chi connectivity index (χ3n) is 2.54. The van der Waals surface area contributed by atoms with Gasteiger partial charge in [0.25, 0.3) is 5.91 Å². The van der Waals surface area contributed by atoms with Gasteiger partial charge in [-0.2, -0.15) is 0 Å². The first-order valence-electron chi connectivity index (χ1n) is 5.67. The Morgan fingerprint density at radius 3 is 2.72 bits per heavy atom. The zero-order valence-corrected chi connectivity index (χ0v) is 11.7. The van der Waals surface area contributed by atoms with Gasteiger partial charge in [0.15, 0.2) is 0 Å². The predicted molar refractivity (Wildman–Crippen MR) is 69.6 cm³/mol. The number of rotatable bonds is 3. The minimum Gasteiger partial charge on any atom is -0.391 e. The summed E-state index contributed by atoms with van der Waals surface area (Å²) in [5.41, 5.74) is -0.163. The van der Waals surface area contributed by atoms with Gasteiger partial charge in [0, 0.05) is 6.54 Å². The second-order valence-electron chi connectivity index (χ2n) is 5.21. The number of halogens is 1. The lowest BCUT2D eigenvalue weighted by molar-refractivity contribution is 0.0585. The maximum atomic E-state index is 11.9. The summed E-state index contributed by atoms with van der Waals surface area (Å²) in [6.45, 7) is 7.52. The molecule has 1 unspecified atom stereocenters. The molecule has 0 saturated carbocycles. The first kappa shape index (κ1) is 14.9. The van der Waals surface area contributed by atoms with Gasteiger partial charge in [-0.15, -0.1) is 0 Å². The molecule has 1 atom stereocenters. The van der Waals surface area contributed by atoms with Crippen LogP contribution in [0.1, 0.15) is 37.1 Å². The fraction of sp³-hybridized carbons (Fsp3) is 0.583. The van der Waals surface area contributed by atoms with Gasteiger partial charge < -0.3 is 10.4 Å². The highest BCUT2D eigenvalue weighted by Gasteiger charge is 2.23. The van der Waals surface area contributed by atoms with E-state index in [4.69, 9.17) is 11.6 Å². The van der Waals surface area contributed by atoms with Crippen molar-refractivity contribution in [2.45, 2.75) is 33.8 Å². The molecule has 0 aliphatic rings. The predicted octanol–water partition coefficient (Wildman–Crippen LogP) is 1.58. The SMILES string of the molecule is Cc1ncc(Cl)c(C(=O)NCC(O)C(C)(C)C)n1. The van der Waals surface area contributed by atoms with Crippen LogP contribution in [0.4, 0.5) is 0 Å². The number of nitrogens with zero attached hydrogens (tertiary/aromatic N) is 2. The number of aliphatic hydroxyl groups is 1. The molecule has 1 amide bonds. The molecule has 5 nitrogen and oxygen atoms in total. The summed E-state index contributed by atoms with van der Waals surface area (Å²) in [4.78, 5) is 19.7. The van der Waals surface area contributed by atoms with E-state index in [0.717, 1.165) is 0 Å². The van der Waals surface area contributed by atoms with Crippen LogP contribution >= 0.6 is 11.6 Å². The third-order valence-corrected chi connectivity index (χ3v) is 2.81. The molecule has 0 radical (unpaired) electrons. The Morgan fingerprint density at radius 2 is 2.17 bits per heavy atom. The number of hydrogen-bond donors (Lipinski definition) is 2. The summed E-state index contributed by atoms with van der Waals surface area (Å²) >= 11 is 5.85. The summed E-state index contributed by atoms with van der Waals surface area (Å²) in [7, 11) is 0. The number of aromatic nitrogens is 2. The number of carbonyl (C=O) groups is 1. The van der Waals surface area contributed by atoms with Crippen LogP contribution in [-0.2, 0) is 0 Å². The van der Waals surface area contributed by atoms with Crippen LogP contribution in [0, 0.1) is 12.3 Å². The summed E-state index contributed by atoms with van der Waals surface area (Å²) in [6, 6.07) is 0. The number of aryl methyl sites for hydroxylation is 1. The largest absolute Gasteiger partial charge is 0.391 e. The molecular weight excluding hydrogens is 254 g/mol. The van der Waals surface area contributed by atoms with Crippen molar-refractivity contribution >= 4 is 17.5 Å². The van der Waals surface area contributed by atoms with E-state index < -0.39 is 12.0 Å². The van der Waals surface area contributed by atoms with E-state index in [2.05, 4.69) is 15.3 Å². The van der Waals surface area contributed by atoms with E-state index in [1.807, 2.05) is 20.8 Å². The maximum absolute atomic E-state index is 11.9. The fourth-order valence-electron chi connectivity index (χ4n) is 1.19. The molecule has 1 heterocycles. The van der Waals surface area contributed by atoms with Gasteiger partial charge in [-0.3, -0.25) is 4.79 Å². The van der Waals surface area contributed by atoms with E-state index in [9.17, 15) is 9.90 Å². The molecule has 0 saturated heterocycles. The Balaban J connectivity index is 2.69. The maximum Gasteiger partial charge on any atom is 0.271 e. The molecule has 0 aliphatic carbocycles. The molecule has 0 aromatic carbocycles. The van der Waals surface area contributed by atoms with Gasteiger partial charge in [-0.1, -0.05) is 32.4 Å². The van der Waals surface area contributed by atoms with Gasteiger partial charge in [-0.25, -0.2) is 9.97 Å². The molecule has 0 spiro atoms. The van der Waals surface area contributed by atoms with Crippen LogP contribution in [0.3, 0.4) is 0 Å². The highest BCUT2D eigenvalue weighted by atomic mass is 35.5. The van der Waals surface area contributed by atoms with Crippen molar-refractivity contribution in [2.24, 2.45) is 5.41 Å². The van der Waals surface area contributed by atoms with E-state index in [1.165, 1.54) is 6.20 Å². The highest BCUT2D eigenvalue weighted by Crippen LogP contribution is 2.18. The van der Waals surface area contributed by atoms with Crippen LogP contribution in [-0.4, -0.2) is 33.6 Å². The van der Waals surface area contributed by atoms with E-state index in [0.29, 0.717) is 5.82 Å². The van der Waals surface area contributed by atoms with Gasteiger partial charge in [-0.05, 0) is 12.3 Å². The van der Waals surface area contributed by atoms with Crippen LogP contribution < -0.4 is 5.32 Å². The number of nitrogens with one attached hydrogen (secondary N) is 1. The van der Waals surface area contributed by atoms with E-state index >= 15 is 0 Å². The zero-order chi connectivity index (χ0) is 13.9. The van der Waals surface area contributed by atoms with E-state index in [-0.39, 0.29) is 22.7 Å². The summed E-state index contributed by atoms with van der Waals surface area (Å²) in [5.74, 6) is 0.0646. The molecule has 0 aliphatic heterocycles. The highest BCUT2D eigenvalue weighted by molar-refractivity contribution is 6.33. The molecule has 6 heteroatoms. The monoisotopic (exact) mass is 271 g/mol. The Kier molecular flexibility index (Phi) is 4.65. The molecule has 1 rings (SSSR count). The average Bonchev–Trinajstić information content (AvgIpc) is 2.27. The van der Waals surface area contributed by atoms with Crippen molar-refractivity contribution in [3.8, 4) is 0 Å². The lowest BCUT2D eigenvalue weighted by Gasteiger charge is -2.25. The van der Waals surface area contributed by atoms with Crippen molar-refractivity contribution in [3.05, 3.63) is 22.7 Å². The van der Waals surface area contributed by atoms with Crippen LogP contribution in [0.5, 0.6) is 0 Å². The molecular formula is C12H18ClN3O2. The Labute approximate surface area is 112 Å². The fourth-order valence-corrected chi connectivity index (χ4v) is 1.37. The number of carbonyl (C=O) groups excluding carboxylic acids is 1. The molecule has 1 aromatic heterocycles. The van der Waals surface area contributed by atoms with Crippen LogP contribution in [0.2, 0.25) is 5.02 Å². The third kappa shape index (κ3) is 3.92. The summed E-state index contributed by atoms with van der Waals surface area (Å²) < 4.78 is 0. The van der Waals surface area contributed by atoms with Crippen LogP contribution in [0.25, 0.3) is 0 Å². The lowest BCUT2D eigenvalue weighted by Crippen LogP contribution is -2.39. The quantitative estimate of drug-likeness (QED) is 0.875. The number of hydrogen-bond acceptors (Lipinski definition) is 4. The van der Waals surface area contributed by atoms with Crippen molar-refractivity contribution < 1.29 is 9.90 Å². The zero-order valence-electron chi connectivity index (χ0n) is 11.0. The Morgan fingerprint density at radius 1 is 1.56 bits per heavy atom. The standard InChI is InChI=1S/C12H18ClN3O2/c1-7-14-5-8(13)10(16-7)11(18)15-6-9(17)12(2,3)4/h5,9,17H,6H2,1-4H3,(H,15,18). The second kappa shape index (κ2) is 5.63. The Bertz CT molecular complexity index is 443. The van der Waals surface area contributed by atoms with Gasteiger partial charge in [0.1, 0.15) is 11.5 Å². The number of amides is 1. The van der Waals surface area contributed by atoms with Gasteiger partial charge >= 0.3 is 0 Å². The Hall–Kier alpha value is -1.20. The molecule has 1 aromatic rings. The van der Waals surface area contributed by atoms with Crippen molar-refractivity contribution in [1.82, 2.24) is 15.3 Å². The van der Waals surface area contributed by atoms with E-state index in [1.54, 1.807) is 6.92 Å².